The Morgan fingerprint density at radius 2 is 2.00 bits per heavy atom. The fourth-order valence-electron chi connectivity index (χ4n) is 3.06. The average molecular weight is 261 g/mol. The Kier molecular flexibility index (Phi) is 3.92. The molecule has 1 N–H and O–H groups in total. The van der Waals surface area contributed by atoms with Crippen molar-refractivity contribution in [3.63, 3.8) is 0 Å². The highest BCUT2D eigenvalue weighted by molar-refractivity contribution is 5.50. The molecule has 0 saturated carbocycles. The van der Waals surface area contributed by atoms with Crippen molar-refractivity contribution in [2.24, 2.45) is 0 Å². The van der Waals surface area contributed by atoms with Crippen LogP contribution in [0.25, 0.3) is 0 Å². The first-order valence-corrected chi connectivity index (χ1v) is 7.54. The lowest BCUT2D eigenvalue weighted by atomic mass is 9.90. The summed E-state index contributed by atoms with van der Waals surface area (Å²) in [5, 5.41) is 3.65. The van der Waals surface area contributed by atoms with Crippen molar-refractivity contribution in [2.75, 3.05) is 13.3 Å². The molecule has 0 fully saturated rings. The molecule has 0 saturated heterocycles. The first-order valence-electron chi connectivity index (χ1n) is 7.54. The molecular weight excluding hydrogens is 238 g/mol. The standard InChI is InChI=1S/C16H23NO2/c1-2-3-4-5-6-14-13-10-16-15(18-11-19-16)9-12(13)7-8-17-14/h9-10,14,17H,2-8,11H2,1H3. The number of hydrogen-bond donors (Lipinski definition) is 1. The molecule has 1 aromatic rings. The lowest BCUT2D eigenvalue weighted by molar-refractivity contribution is 0.174. The summed E-state index contributed by atoms with van der Waals surface area (Å²) in [4.78, 5) is 0. The van der Waals surface area contributed by atoms with Crippen LogP contribution < -0.4 is 14.8 Å². The molecule has 0 bridgehead atoms. The van der Waals surface area contributed by atoms with E-state index in [2.05, 4.69) is 24.4 Å². The van der Waals surface area contributed by atoms with Crippen molar-refractivity contribution in [3.05, 3.63) is 23.3 Å². The van der Waals surface area contributed by atoms with Crippen LogP contribution in [-0.2, 0) is 6.42 Å². The third-order valence-corrected chi connectivity index (χ3v) is 4.14. The number of hydrogen-bond acceptors (Lipinski definition) is 3. The van der Waals surface area contributed by atoms with E-state index in [1.165, 1.54) is 43.2 Å². The molecule has 0 spiro atoms. The Morgan fingerprint density at radius 1 is 1.16 bits per heavy atom. The minimum Gasteiger partial charge on any atom is -0.454 e. The second-order valence-corrected chi connectivity index (χ2v) is 5.51. The van der Waals surface area contributed by atoms with Gasteiger partial charge >= 0.3 is 0 Å². The van der Waals surface area contributed by atoms with Crippen molar-refractivity contribution in [3.8, 4) is 11.5 Å². The summed E-state index contributed by atoms with van der Waals surface area (Å²) in [5.74, 6) is 1.84. The fraction of sp³-hybridized carbons (Fsp3) is 0.625. The lowest BCUT2D eigenvalue weighted by Crippen LogP contribution is -2.29. The minimum atomic E-state index is 0.368. The summed E-state index contributed by atoms with van der Waals surface area (Å²) < 4.78 is 11.0. The van der Waals surface area contributed by atoms with Crippen molar-refractivity contribution >= 4 is 0 Å². The van der Waals surface area contributed by atoms with Gasteiger partial charge in [0.25, 0.3) is 0 Å². The van der Waals surface area contributed by atoms with Gasteiger partial charge in [0.15, 0.2) is 11.5 Å². The van der Waals surface area contributed by atoms with E-state index in [-0.39, 0.29) is 0 Å². The first-order chi connectivity index (χ1) is 9.38. The van der Waals surface area contributed by atoms with Crippen molar-refractivity contribution < 1.29 is 9.47 Å². The molecule has 2 aliphatic heterocycles. The number of rotatable bonds is 5. The SMILES string of the molecule is CCCCCCC1NCCc2cc3c(cc21)OCO3. The Hall–Kier alpha value is -1.22. The van der Waals surface area contributed by atoms with Gasteiger partial charge in [-0.25, -0.2) is 0 Å². The summed E-state index contributed by atoms with van der Waals surface area (Å²) in [7, 11) is 0. The van der Waals surface area contributed by atoms with Gasteiger partial charge in [0.2, 0.25) is 6.79 Å². The highest BCUT2D eigenvalue weighted by atomic mass is 16.7. The Morgan fingerprint density at radius 3 is 2.84 bits per heavy atom. The Labute approximate surface area is 115 Å². The van der Waals surface area contributed by atoms with Gasteiger partial charge in [-0.15, -0.1) is 0 Å². The molecule has 1 unspecified atom stereocenters. The number of ether oxygens (including phenoxy) is 2. The van der Waals surface area contributed by atoms with E-state index in [1.807, 2.05) is 0 Å². The Balaban J connectivity index is 1.72. The number of unbranched alkanes of at least 4 members (excludes halogenated alkanes) is 3. The van der Waals surface area contributed by atoms with Gasteiger partial charge in [0, 0.05) is 6.04 Å². The molecule has 0 amide bonds. The Bertz CT molecular complexity index is 445. The summed E-state index contributed by atoms with van der Waals surface area (Å²) in [6.07, 6.45) is 7.62. The summed E-state index contributed by atoms with van der Waals surface area (Å²) in [6, 6.07) is 4.86. The van der Waals surface area contributed by atoms with Crippen LogP contribution in [0, 0.1) is 0 Å². The molecule has 3 heteroatoms. The van der Waals surface area contributed by atoms with Crippen LogP contribution in [0.1, 0.15) is 56.2 Å². The van der Waals surface area contributed by atoms with Crippen molar-refractivity contribution in [2.45, 2.75) is 51.5 Å². The maximum absolute atomic E-state index is 5.51. The third kappa shape index (κ3) is 2.71. The van der Waals surface area contributed by atoms with E-state index < -0.39 is 0 Å². The van der Waals surface area contributed by atoms with Gasteiger partial charge in [-0.2, -0.15) is 0 Å². The zero-order valence-corrected chi connectivity index (χ0v) is 11.7. The molecule has 2 aliphatic rings. The molecule has 1 atom stereocenters. The van der Waals surface area contributed by atoms with E-state index in [0.29, 0.717) is 12.8 Å². The second kappa shape index (κ2) is 5.83. The molecule has 0 aromatic heterocycles. The highest BCUT2D eigenvalue weighted by Crippen LogP contribution is 2.39. The van der Waals surface area contributed by atoms with Gasteiger partial charge < -0.3 is 14.8 Å². The van der Waals surface area contributed by atoms with Crippen LogP contribution in [0.5, 0.6) is 11.5 Å². The third-order valence-electron chi connectivity index (χ3n) is 4.14. The fourth-order valence-corrected chi connectivity index (χ4v) is 3.06. The first kappa shape index (κ1) is 12.8. The normalized spacial score (nSPS) is 20.4. The summed E-state index contributed by atoms with van der Waals surface area (Å²) in [6.45, 7) is 3.70. The zero-order chi connectivity index (χ0) is 13.1. The molecule has 3 rings (SSSR count). The van der Waals surface area contributed by atoms with Crippen LogP contribution in [0.4, 0.5) is 0 Å². The molecule has 0 radical (unpaired) electrons. The van der Waals surface area contributed by atoms with Gasteiger partial charge in [0.05, 0.1) is 0 Å². The maximum atomic E-state index is 5.51. The van der Waals surface area contributed by atoms with Crippen molar-refractivity contribution in [1.82, 2.24) is 5.32 Å². The van der Waals surface area contributed by atoms with Crippen LogP contribution in [0.2, 0.25) is 0 Å². The number of fused-ring (bicyclic) bond motifs is 2. The van der Waals surface area contributed by atoms with Gasteiger partial charge in [0.1, 0.15) is 0 Å². The molecular formula is C16H23NO2. The molecule has 104 valence electrons. The maximum Gasteiger partial charge on any atom is 0.231 e. The van der Waals surface area contributed by atoms with Gasteiger partial charge in [-0.3, -0.25) is 0 Å². The number of nitrogens with one attached hydrogen (secondary N) is 1. The quantitative estimate of drug-likeness (QED) is 0.822. The van der Waals surface area contributed by atoms with E-state index in [4.69, 9.17) is 9.47 Å². The van der Waals surface area contributed by atoms with Crippen LogP contribution in [0.15, 0.2) is 12.1 Å². The predicted molar refractivity (Wildman–Crippen MR) is 75.8 cm³/mol. The zero-order valence-electron chi connectivity index (χ0n) is 11.7. The van der Waals surface area contributed by atoms with Crippen LogP contribution >= 0.6 is 0 Å². The lowest BCUT2D eigenvalue weighted by Gasteiger charge is -2.27. The van der Waals surface area contributed by atoms with Gasteiger partial charge in [-0.05, 0) is 42.6 Å². The van der Waals surface area contributed by atoms with Crippen LogP contribution in [0.3, 0.4) is 0 Å². The average Bonchev–Trinajstić information content (AvgIpc) is 2.88. The molecule has 2 heterocycles. The summed E-state index contributed by atoms with van der Waals surface area (Å²) >= 11 is 0. The summed E-state index contributed by atoms with van der Waals surface area (Å²) in [5.41, 5.74) is 2.86. The molecule has 19 heavy (non-hydrogen) atoms. The smallest absolute Gasteiger partial charge is 0.231 e. The van der Waals surface area contributed by atoms with Gasteiger partial charge in [-0.1, -0.05) is 32.6 Å². The predicted octanol–water partition coefficient (Wildman–Crippen LogP) is 3.57. The van der Waals surface area contributed by atoms with E-state index in [9.17, 15) is 0 Å². The van der Waals surface area contributed by atoms with E-state index in [0.717, 1.165) is 24.5 Å². The largest absolute Gasteiger partial charge is 0.454 e. The van der Waals surface area contributed by atoms with E-state index >= 15 is 0 Å². The van der Waals surface area contributed by atoms with E-state index in [1.54, 1.807) is 0 Å². The molecule has 0 aliphatic carbocycles. The molecule has 3 nitrogen and oxygen atoms in total. The minimum absolute atomic E-state index is 0.368. The van der Waals surface area contributed by atoms with Crippen LogP contribution in [-0.4, -0.2) is 13.3 Å². The monoisotopic (exact) mass is 261 g/mol. The second-order valence-electron chi connectivity index (χ2n) is 5.51. The number of benzene rings is 1. The molecule has 1 aromatic carbocycles. The highest BCUT2D eigenvalue weighted by Gasteiger charge is 2.24. The van der Waals surface area contributed by atoms with Crippen molar-refractivity contribution in [1.29, 1.82) is 0 Å². The topological polar surface area (TPSA) is 30.5 Å².